The van der Waals surface area contributed by atoms with Gasteiger partial charge in [0.2, 0.25) is 5.91 Å². The van der Waals surface area contributed by atoms with Crippen LogP contribution in [-0.4, -0.2) is 66.8 Å². The summed E-state index contributed by atoms with van der Waals surface area (Å²) in [6, 6.07) is 6.38. The van der Waals surface area contributed by atoms with Gasteiger partial charge in [-0.1, -0.05) is 18.2 Å². The number of hydrogen-bond donors (Lipinski definition) is 1. The Morgan fingerprint density at radius 3 is 2.48 bits per heavy atom. The third-order valence-corrected chi connectivity index (χ3v) is 4.78. The van der Waals surface area contributed by atoms with E-state index in [0.717, 1.165) is 0 Å². The molecule has 0 saturated carbocycles. The van der Waals surface area contributed by atoms with Gasteiger partial charge in [-0.15, -0.1) is 0 Å². The summed E-state index contributed by atoms with van der Waals surface area (Å²) >= 11 is 0. The normalized spacial score (nSPS) is 22.1. The molecule has 1 aromatic carbocycles. The van der Waals surface area contributed by atoms with Crippen LogP contribution in [-0.2, 0) is 15.1 Å². The van der Waals surface area contributed by atoms with Crippen molar-refractivity contribution in [2.75, 3.05) is 45.9 Å². The van der Waals surface area contributed by atoms with Crippen LogP contribution in [0.2, 0.25) is 0 Å². The molecule has 0 bridgehead atoms. The number of ether oxygens (including phenoxy) is 1. The fourth-order valence-electron chi connectivity index (χ4n) is 3.29. The molecule has 1 aromatic rings. The minimum Gasteiger partial charge on any atom is -0.385 e. The summed E-state index contributed by atoms with van der Waals surface area (Å²) < 4.78 is 19.2. The van der Waals surface area contributed by atoms with E-state index in [1.165, 1.54) is 6.07 Å². The molecule has 5 nitrogen and oxygen atoms in total. The molecule has 23 heavy (non-hydrogen) atoms. The number of likely N-dealkylation sites (tertiary alicyclic amines) is 1. The first-order chi connectivity index (χ1) is 11.1. The molecule has 2 saturated heterocycles. The van der Waals surface area contributed by atoms with E-state index in [1.807, 2.05) is 9.80 Å². The monoisotopic (exact) mass is 322 g/mol. The molecule has 0 aromatic heterocycles. The molecule has 6 heteroatoms. The Hall–Kier alpha value is -1.50. The number of morpholine rings is 1. The summed E-state index contributed by atoms with van der Waals surface area (Å²) in [5.74, 6) is -0.266. The summed E-state index contributed by atoms with van der Waals surface area (Å²) in [5, 5.41) is 10.7. The lowest BCUT2D eigenvalue weighted by Gasteiger charge is -2.39. The van der Waals surface area contributed by atoms with Crippen molar-refractivity contribution < 1.29 is 19.0 Å². The average molecular weight is 322 g/mol. The van der Waals surface area contributed by atoms with E-state index in [2.05, 4.69) is 0 Å². The van der Waals surface area contributed by atoms with Gasteiger partial charge < -0.3 is 14.7 Å². The van der Waals surface area contributed by atoms with E-state index in [9.17, 15) is 14.3 Å². The number of carbonyl (C=O) groups is 1. The molecule has 126 valence electrons. The molecule has 1 amide bonds. The minimum absolute atomic E-state index is 0.102. The second kappa shape index (κ2) is 6.95. The van der Waals surface area contributed by atoms with E-state index in [-0.39, 0.29) is 11.7 Å². The molecule has 2 fully saturated rings. The number of piperidine rings is 1. The van der Waals surface area contributed by atoms with Crippen molar-refractivity contribution in [2.45, 2.75) is 18.4 Å². The molecule has 0 atom stereocenters. The molecular weight excluding hydrogens is 299 g/mol. The van der Waals surface area contributed by atoms with Gasteiger partial charge in [0.05, 0.1) is 25.4 Å². The SMILES string of the molecule is O=C(CN1CCC(O)(c2ccccc2F)CC1)N1CCOCC1. The first kappa shape index (κ1) is 16.4. The van der Waals surface area contributed by atoms with Crippen LogP contribution in [0.1, 0.15) is 18.4 Å². The maximum Gasteiger partial charge on any atom is 0.236 e. The predicted octanol–water partition coefficient (Wildman–Crippen LogP) is 0.968. The summed E-state index contributed by atoms with van der Waals surface area (Å²) in [7, 11) is 0. The first-order valence-electron chi connectivity index (χ1n) is 8.14. The van der Waals surface area contributed by atoms with E-state index in [1.54, 1.807) is 18.2 Å². The van der Waals surface area contributed by atoms with E-state index >= 15 is 0 Å². The van der Waals surface area contributed by atoms with E-state index in [4.69, 9.17) is 4.74 Å². The van der Waals surface area contributed by atoms with Crippen LogP contribution < -0.4 is 0 Å². The lowest BCUT2D eigenvalue weighted by molar-refractivity contribution is -0.137. The van der Waals surface area contributed by atoms with Crippen LogP contribution in [0.3, 0.4) is 0 Å². The maximum absolute atomic E-state index is 13.9. The van der Waals surface area contributed by atoms with Crippen molar-refractivity contribution in [1.82, 2.24) is 9.80 Å². The van der Waals surface area contributed by atoms with Crippen LogP contribution in [0.15, 0.2) is 24.3 Å². The van der Waals surface area contributed by atoms with Crippen molar-refractivity contribution in [1.29, 1.82) is 0 Å². The molecular formula is C17H23FN2O3. The topological polar surface area (TPSA) is 53.0 Å². The molecule has 0 spiro atoms. The van der Waals surface area contributed by atoms with Gasteiger partial charge in [-0.05, 0) is 18.9 Å². The zero-order valence-corrected chi connectivity index (χ0v) is 13.2. The quantitative estimate of drug-likeness (QED) is 0.901. The molecule has 1 N–H and O–H groups in total. The number of nitrogens with zero attached hydrogens (tertiary/aromatic N) is 2. The highest BCUT2D eigenvalue weighted by atomic mass is 19.1. The number of aliphatic hydroxyl groups is 1. The standard InChI is InChI=1S/C17H23FN2O3/c18-15-4-2-1-3-14(15)17(22)5-7-19(8-6-17)13-16(21)20-9-11-23-12-10-20/h1-4,22H,5-13H2. The zero-order valence-electron chi connectivity index (χ0n) is 13.2. The summed E-state index contributed by atoms with van der Waals surface area (Å²) in [5.41, 5.74) is -0.775. The molecule has 2 heterocycles. The molecule has 3 rings (SSSR count). The van der Waals surface area contributed by atoms with Crippen molar-refractivity contribution >= 4 is 5.91 Å². The number of benzene rings is 1. The van der Waals surface area contributed by atoms with Gasteiger partial charge in [0.1, 0.15) is 5.82 Å². The Labute approximate surface area is 135 Å². The summed E-state index contributed by atoms with van der Waals surface area (Å²) in [4.78, 5) is 16.1. The Bertz CT molecular complexity index is 553. The molecule has 0 radical (unpaired) electrons. The fraction of sp³-hybridized carbons (Fsp3) is 0.588. The lowest BCUT2D eigenvalue weighted by Crippen LogP contribution is -2.49. The highest BCUT2D eigenvalue weighted by Crippen LogP contribution is 2.34. The van der Waals surface area contributed by atoms with Crippen LogP contribution in [0.5, 0.6) is 0 Å². The molecule has 2 aliphatic rings. The maximum atomic E-state index is 13.9. The smallest absolute Gasteiger partial charge is 0.236 e. The van der Waals surface area contributed by atoms with Gasteiger partial charge in [0, 0.05) is 31.7 Å². The van der Waals surface area contributed by atoms with Gasteiger partial charge in [0.25, 0.3) is 0 Å². The number of carbonyl (C=O) groups excluding carboxylic acids is 1. The average Bonchev–Trinajstić information content (AvgIpc) is 2.58. The Morgan fingerprint density at radius 1 is 1.17 bits per heavy atom. The van der Waals surface area contributed by atoms with Crippen molar-refractivity contribution in [3.63, 3.8) is 0 Å². The van der Waals surface area contributed by atoms with E-state index in [0.29, 0.717) is 64.3 Å². The molecule has 0 unspecified atom stereocenters. The molecule has 0 aliphatic carbocycles. The van der Waals surface area contributed by atoms with Crippen molar-refractivity contribution in [3.8, 4) is 0 Å². The van der Waals surface area contributed by atoms with Gasteiger partial charge >= 0.3 is 0 Å². The lowest BCUT2D eigenvalue weighted by atomic mass is 9.84. The van der Waals surface area contributed by atoms with E-state index < -0.39 is 5.60 Å². The van der Waals surface area contributed by atoms with Crippen molar-refractivity contribution in [3.05, 3.63) is 35.6 Å². The third kappa shape index (κ3) is 3.71. The predicted molar refractivity (Wildman–Crippen MR) is 83.4 cm³/mol. The van der Waals surface area contributed by atoms with Gasteiger partial charge in [0.15, 0.2) is 0 Å². The van der Waals surface area contributed by atoms with Gasteiger partial charge in [-0.25, -0.2) is 4.39 Å². The summed E-state index contributed by atoms with van der Waals surface area (Å²) in [6.45, 7) is 4.00. The number of hydrogen-bond acceptors (Lipinski definition) is 4. The van der Waals surface area contributed by atoms with Gasteiger partial charge in [-0.2, -0.15) is 0 Å². The second-order valence-electron chi connectivity index (χ2n) is 6.28. The largest absolute Gasteiger partial charge is 0.385 e. The molecule has 2 aliphatic heterocycles. The second-order valence-corrected chi connectivity index (χ2v) is 6.28. The Morgan fingerprint density at radius 2 is 1.83 bits per heavy atom. The number of halogens is 1. The Kier molecular flexibility index (Phi) is 4.94. The van der Waals surface area contributed by atoms with Crippen LogP contribution in [0.4, 0.5) is 4.39 Å². The van der Waals surface area contributed by atoms with Crippen LogP contribution in [0.25, 0.3) is 0 Å². The minimum atomic E-state index is -1.14. The van der Waals surface area contributed by atoms with Crippen LogP contribution in [0, 0.1) is 5.82 Å². The highest BCUT2D eigenvalue weighted by Gasteiger charge is 2.36. The number of rotatable bonds is 3. The number of amides is 1. The third-order valence-electron chi connectivity index (χ3n) is 4.78. The van der Waals surface area contributed by atoms with Crippen LogP contribution >= 0.6 is 0 Å². The Balaban J connectivity index is 1.56. The highest BCUT2D eigenvalue weighted by molar-refractivity contribution is 5.78. The first-order valence-corrected chi connectivity index (χ1v) is 8.14. The summed E-state index contributed by atoms with van der Waals surface area (Å²) in [6.07, 6.45) is 0.870. The van der Waals surface area contributed by atoms with Crippen molar-refractivity contribution in [2.24, 2.45) is 0 Å². The van der Waals surface area contributed by atoms with Gasteiger partial charge in [-0.3, -0.25) is 9.69 Å². The fourth-order valence-corrected chi connectivity index (χ4v) is 3.29. The zero-order chi connectivity index (χ0) is 16.3.